The Bertz CT molecular complexity index is 930. The SMILES string of the molecule is C[C@H]1c2c(cc(F)c(Cl)c2Br)O[C@]1(C=N[S@](=O)C(C)(C)C)c1ccccc1. The maximum Gasteiger partial charge on any atom is 0.176 e. The molecule has 0 unspecified atom stereocenters. The van der Waals surface area contributed by atoms with E-state index in [1.165, 1.54) is 6.07 Å². The van der Waals surface area contributed by atoms with Crippen molar-refractivity contribution in [3.63, 3.8) is 0 Å². The molecule has 3 rings (SSSR count). The third-order valence-corrected chi connectivity index (χ3v) is 7.37. The lowest BCUT2D eigenvalue weighted by Crippen LogP contribution is -2.36. The van der Waals surface area contributed by atoms with Crippen LogP contribution in [0.25, 0.3) is 0 Å². The summed E-state index contributed by atoms with van der Waals surface area (Å²) in [5.41, 5.74) is 0.592. The van der Waals surface area contributed by atoms with Crippen LogP contribution in [0.15, 0.2) is 45.3 Å². The van der Waals surface area contributed by atoms with Gasteiger partial charge in [-0.05, 0) is 36.7 Å². The number of ether oxygens (including phenoxy) is 1. The van der Waals surface area contributed by atoms with Gasteiger partial charge in [0.2, 0.25) is 0 Å². The Morgan fingerprint density at radius 1 is 1.33 bits per heavy atom. The van der Waals surface area contributed by atoms with Crippen LogP contribution in [-0.4, -0.2) is 15.2 Å². The van der Waals surface area contributed by atoms with Crippen molar-refractivity contribution in [2.24, 2.45) is 4.40 Å². The molecule has 0 aliphatic carbocycles. The maximum absolute atomic E-state index is 14.2. The van der Waals surface area contributed by atoms with Gasteiger partial charge in [0, 0.05) is 27.6 Å². The number of hydrogen-bond acceptors (Lipinski definition) is 2. The average Bonchev–Trinajstić information content (AvgIpc) is 2.90. The third kappa shape index (κ3) is 3.59. The lowest BCUT2D eigenvalue weighted by molar-refractivity contribution is 0.154. The van der Waals surface area contributed by atoms with Crippen LogP contribution in [0.1, 0.15) is 44.7 Å². The fourth-order valence-electron chi connectivity index (χ4n) is 3.06. The van der Waals surface area contributed by atoms with E-state index in [0.29, 0.717) is 10.2 Å². The maximum atomic E-state index is 14.2. The first kappa shape index (κ1) is 20.5. The van der Waals surface area contributed by atoms with E-state index in [9.17, 15) is 8.60 Å². The lowest BCUT2D eigenvalue weighted by Gasteiger charge is -2.30. The normalized spacial score (nSPS) is 23.3. The molecule has 0 aromatic heterocycles. The summed E-state index contributed by atoms with van der Waals surface area (Å²) >= 11 is 9.50. The summed E-state index contributed by atoms with van der Waals surface area (Å²) in [5.74, 6) is -0.398. The van der Waals surface area contributed by atoms with Gasteiger partial charge in [-0.1, -0.05) is 48.9 Å². The number of halogens is 3. The van der Waals surface area contributed by atoms with Crippen molar-refractivity contribution in [2.45, 2.75) is 44.0 Å². The fraction of sp³-hybridized carbons (Fsp3) is 0.350. The summed E-state index contributed by atoms with van der Waals surface area (Å²) in [4.78, 5) is 0. The molecule has 1 heterocycles. The zero-order valence-corrected chi connectivity index (χ0v) is 18.6. The molecule has 3 nitrogen and oxygen atoms in total. The summed E-state index contributed by atoms with van der Waals surface area (Å²) in [6.45, 7) is 7.53. The number of fused-ring (bicyclic) bond motifs is 1. The highest BCUT2D eigenvalue weighted by Crippen LogP contribution is 2.53. The zero-order chi connectivity index (χ0) is 20.0. The Hall–Kier alpha value is -1.24. The summed E-state index contributed by atoms with van der Waals surface area (Å²) in [5, 5.41) is 0.0169. The Morgan fingerprint density at radius 2 is 1.96 bits per heavy atom. The van der Waals surface area contributed by atoms with Gasteiger partial charge in [-0.25, -0.2) is 8.60 Å². The second kappa shape index (κ2) is 7.30. The van der Waals surface area contributed by atoms with Gasteiger partial charge in [-0.15, -0.1) is 0 Å². The van der Waals surface area contributed by atoms with Crippen LogP contribution in [0.5, 0.6) is 5.75 Å². The molecule has 0 fully saturated rings. The molecule has 0 saturated heterocycles. The molecule has 1 aliphatic heterocycles. The van der Waals surface area contributed by atoms with Crippen molar-refractivity contribution < 1.29 is 13.3 Å². The van der Waals surface area contributed by atoms with E-state index >= 15 is 0 Å². The predicted molar refractivity (Wildman–Crippen MR) is 113 cm³/mol. The van der Waals surface area contributed by atoms with Crippen LogP contribution in [-0.2, 0) is 16.6 Å². The topological polar surface area (TPSA) is 38.7 Å². The molecule has 27 heavy (non-hydrogen) atoms. The Morgan fingerprint density at radius 3 is 2.56 bits per heavy atom. The second-order valence-electron chi connectivity index (χ2n) is 7.48. The van der Waals surface area contributed by atoms with E-state index in [1.807, 2.05) is 58.0 Å². The van der Waals surface area contributed by atoms with Gasteiger partial charge < -0.3 is 4.74 Å². The highest BCUT2D eigenvalue weighted by molar-refractivity contribution is 9.10. The minimum absolute atomic E-state index is 0.0169. The van der Waals surface area contributed by atoms with E-state index in [4.69, 9.17) is 16.3 Å². The largest absolute Gasteiger partial charge is 0.476 e. The second-order valence-corrected chi connectivity index (χ2v) is 10.6. The number of nitrogens with zero attached hydrogens (tertiary/aromatic N) is 1. The van der Waals surface area contributed by atoms with Crippen LogP contribution < -0.4 is 4.74 Å². The molecule has 0 N–H and O–H groups in total. The molecule has 0 spiro atoms. The highest BCUT2D eigenvalue weighted by Gasteiger charge is 2.48. The molecule has 0 radical (unpaired) electrons. The van der Waals surface area contributed by atoms with Crippen molar-refractivity contribution >= 4 is 44.7 Å². The first-order valence-electron chi connectivity index (χ1n) is 8.47. The number of hydrogen-bond donors (Lipinski definition) is 0. The number of benzene rings is 2. The molecule has 3 atom stereocenters. The number of rotatable bonds is 3. The summed E-state index contributed by atoms with van der Waals surface area (Å²) in [6.07, 6.45) is 1.59. The first-order chi connectivity index (χ1) is 12.6. The van der Waals surface area contributed by atoms with Gasteiger partial charge in [0.15, 0.2) is 5.60 Å². The van der Waals surface area contributed by atoms with Gasteiger partial charge >= 0.3 is 0 Å². The molecule has 0 amide bonds. The molecule has 144 valence electrons. The van der Waals surface area contributed by atoms with Crippen LogP contribution in [0.3, 0.4) is 0 Å². The van der Waals surface area contributed by atoms with Crippen molar-refractivity contribution in [1.82, 2.24) is 0 Å². The van der Waals surface area contributed by atoms with Gasteiger partial charge in [-0.3, -0.25) is 0 Å². The smallest absolute Gasteiger partial charge is 0.176 e. The van der Waals surface area contributed by atoms with Gasteiger partial charge in [0.05, 0.1) is 16.0 Å². The van der Waals surface area contributed by atoms with E-state index in [-0.39, 0.29) is 10.9 Å². The molecule has 2 aromatic rings. The zero-order valence-electron chi connectivity index (χ0n) is 15.4. The quantitative estimate of drug-likeness (QED) is 0.396. The summed E-state index contributed by atoms with van der Waals surface area (Å²) < 4.78 is 37.2. The van der Waals surface area contributed by atoms with E-state index in [1.54, 1.807) is 6.21 Å². The van der Waals surface area contributed by atoms with E-state index in [0.717, 1.165) is 11.1 Å². The van der Waals surface area contributed by atoms with E-state index < -0.39 is 27.2 Å². The Balaban J connectivity index is 2.17. The predicted octanol–water partition coefficient (Wildman–Crippen LogP) is 6.17. The summed E-state index contributed by atoms with van der Waals surface area (Å²) in [7, 11) is -1.45. The van der Waals surface area contributed by atoms with Gasteiger partial charge in [0.1, 0.15) is 22.6 Å². The van der Waals surface area contributed by atoms with Crippen molar-refractivity contribution in [3.8, 4) is 5.75 Å². The van der Waals surface area contributed by atoms with Crippen LogP contribution in [0, 0.1) is 5.82 Å². The molecule has 1 aliphatic rings. The monoisotopic (exact) mass is 471 g/mol. The van der Waals surface area contributed by atoms with Crippen LogP contribution >= 0.6 is 27.5 Å². The molecule has 0 bridgehead atoms. The standard InChI is InChI=1S/C20H20BrClFNO2S/c1-12-16-15(10-14(23)18(22)17(16)21)26-20(12,13-8-6-5-7-9-13)11-24-27(25)19(2,3)4/h5-12H,1-4H3/t12-,20-,27+/m0/s1. The minimum atomic E-state index is -1.45. The van der Waals surface area contributed by atoms with Crippen molar-refractivity contribution in [3.05, 3.63) is 62.8 Å². The lowest BCUT2D eigenvalue weighted by atomic mass is 9.81. The summed E-state index contributed by atoms with van der Waals surface area (Å²) in [6, 6.07) is 10.8. The molecular formula is C20H20BrClFNO2S. The van der Waals surface area contributed by atoms with Gasteiger partial charge in [-0.2, -0.15) is 4.40 Å². The third-order valence-electron chi connectivity index (χ3n) is 4.61. The Kier molecular flexibility index (Phi) is 5.54. The first-order valence-corrected chi connectivity index (χ1v) is 10.7. The average molecular weight is 473 g/mol. The van der Waals surface area contributed by atoms with E-state index in [2.05, 4.69) is 20.3 Å². The minimum Gasteiger partial charge on any atom is -0.476 e. The molecular weight excluding hydrogens is 453 g/mol. The molecule has 2 aromatic carbocycles. The van der Waals surface area contributed by atoms with Crippen LogP contribution in [0.2, 0.25) is 5.02 Å². The van der Waals surface area contributed by atoms with Crippen molar-refractivity contribution in [2.75, 3.05) is 0 Å². The highest BCUT2D eigenvalue weighted by atomic mass is 79.9. The van der Waals surface area contributed by atoms with Crippen LogP contribution in [0.4, 0.5) is 4.39 Å². The Labute approximate surface area is 174 Å². The van der Waals surface area contributed by atoms with Gasteiger partial charge in [0.25, 0.3) is 0 Å². The van der Waals surface area contributed by atoms with Crippen molar-refractivity contribution in [1.29, 1.82) is 0 Å². The fourth-order valence-corrected chi connectivity index (χ4v) is 4.52. The molecule has 0 saturated carbocycles. The molecule has 7 heteroatoms.